The maximum absolute atomic E-state index is 5.90. The van der Waals surface area contributed by atoms with E-state index >= 15 is 0 Å². The summed E-state index contributed by atoms with van der Waals surface area (Å²) in [4.78, 5) is 0. The summed E-state index contributed by atoms with van der Waals surface area (Å²) < 4.78 is 7.98. The molecule has 108 valence electrons. The van der Waals surface area contributed by atoms with Crippen molar-refractivity contribution in [3.63, 3.8) is 0 Å². The van der Waals surface area contributed by atoms with Crippen LogP contribution in [0.5, 0.6) is 0 Å². The molecule has 1 N–H and O–H groups in total. The van der Waals surface area contributed by atoms with E-state index in [0.717, 1.165) is 31.0 Å². The molecule has 0 aromatic carbocycles. The number of nitrogens with one attached hydrogen (secondary N) is 1. The maximum Gasteiger partial charge on any atom is 0.0910 e. The Morgan fingerprint density at radius 1 is 1.42 bits per heavy atom. The summed E-state index contributed by atoms with van der Waals surface area (Å²) in [7, 11) is 2.01. The molecular formula is C15H27N3O. The zero-order valence-corrected chi connectivity index (χ0v) is 12.4. The van der Waals surface area contributed by atoms with E-state index in [9.17, 15) is 0 Å². The highest BCUT2D eigenvalue weighted by Gasteiger charge is 2.29. The van der Waals surface area contributed by atoms with Gasteiger partial charge in [0.25, 0.3) is 0 Å². The second-order valence-corrected chi connectivity index (χ2v) is 5.59. The number of aromatic nitrogens is 2. The van der Waals surface area contributed by atoms with Gasteiger partial charge < -0.3 is 10.1 Å². The molecular weight excluding hydrogens is 238 g/mol. The Balaban J connectivity index is 1.72. The maximum atomic E-state index is 5.90. The molecule has 2 rings (SSSR count). The molecule has 1 heterocycles. The van der Waals surface area contributed by atoms with Crippen molar-refractivity contribution in [3.05, 3.63) is 18.0 Å². The third-order valence-electron chi connectivity index (χ3n) is 4.13. The van der Waals surface area contributed by atoms with Gasteiger partial charge in [-0.25, -0.2) is 0 Å². The standard InChI is InChI=1S/C15H27N3O/c1-4-14(5-2)18-7-6-13(17-18)11-19-15-8-12(9-15)10-16-3/h6-7,12,14-16H,4-5,8-11H2,1-3H3. The van der Waals surface area contributed by atoms with Crippen molar-refractivity contribution in [1.29, 1.82) is 0 Å². The fourth-order valence-electron chi connectivity index (χ4n) is 2.79. The van der Waals surface area contributed by atoms with Crippen molar-refractivity contribution in [2.75, 3.05) is 13.6 Å². The molecule has 0 spiro atoms. The Hall–Kier alpha value is -0.870. The number of nitrogens with zero attached hydrogens (tertiary/aromatic N) is 2. The van der Waals surface area contributed by atoms with Gasteiger partial charge in [0.15, 0.2) is 0 Å². The van der Waals surface area contributed by atoms with Crippen molar-refractivity contribution < 1.29 is 4.74 Å². The smallest absolute Gasteiger partial charge is 0.0910 e. The van der Waals surface area contributed by atoms with Crippen LogP contribution in [0.3, 0.4) is 0 Å². The van der Waals surface area contributed by atoms with Crippen LogP contribution >= 0.6 is 0 Å². The number of hydrogen-bond acceptors (Lipinski definition) is 3. The van der Waals surface area contributed by atoms with Crippen LogP contribution in [-0.4, -0.2) is 29.5 Å². The Morgan fingerprint density at radius 2 is 2.16 bits per heavy atom. The predicted molar refractivity (Wildman–Crippen MR) is 77.1 cm³/mol. The molecule has 1 aliphatic rings. The summed E-state index contributed by atoms with van der Waals surface area (Å²) in [6, 6.07) is 2.61. The summed E-state index contributed by atoms with van der Waals surface area (Å²) in [6.45, 7) is 6.19. The summed E-state index contributed by atoms with van der Waals surface area (Å²) in [5, 5.41) is 7.84. The summed E-state index contributed by atoms with van der Waals surface area (Å²) >= 11 is 0. The van der Waals surface area contributed by atoms with Gasteiger partial charge in [0, 0.05) is 6.20 Å². The van der Waals surface area contributed by atoms with Crippen LogP contribution in [0.15, 0.2) is 12.3 Å². The second-order valence-electron chi connectivity index (χ2n) is 5.59. The van der Waals surface area contributed by atoms with E-state index in [1.165, 1.54) is 12.8 Å². The van der Waals surface area contributed by atoms with Crippen molar-refractivity contribution in [1.82, 2.24) is 15.1 Å². The minimum absolute atomic E-state index is 0.441. The Morgan fingerprint density at radius 3 is 2.79 bits per heavy atom. The molecule has 0 amide bonds. The van der Waals surface area contributed by atoms with Gasteiger partial charge in [-0.05, 0) is 51.3 Å². The third kappa shape index (κ3) is 3.80. The molecule has 4 heteroatoms. The normalized spacial score (nSPS) is 22.7. The number of rotatable bonds is 8. The lowest BCUT2D eigenvalue weighted by atomic mass is 9.82. The molecule has 0 unspecified atom stereocenters. The minimum Gasteiger partial charge on any atom is -0.372 e. The first-order valence-electron chi connectivity index (χ1n) is 7.57. The monoisotopic (exact) mass is 265 g/mol. The SMILES string of the molecule is CCC(CC)n1ccc(COC2CC(CNC)C2)n1. The molecule has 19 heavy (non-hydrogen) atoms. The average Bonchev–Trinajstić information content (AvgIpc) is 2.82. The third-order valence-corrected chi connectivity index (χ3v) is 4.13. The Labute approximate surface area is 116 Å². The highest BCUT2D eigenvalue weighted by Crippen LogP contribution is 2.30. The molecule has 1 aromatic rings. The fourth-order valence-corrected chi connectivity index (χ4v) is 2.79. The second kappa shape index (κ2) is 7.06. The van der Waals surface area contributed by atoms with Gasteiger partial charge in [0.05, 0.1) is 24.4 Å². The van der Waals surface area contributed by atoms with Crippen LogP contribution in [0.4, 0.5) is 0 Å². The zero-order chi connectivity index (χ0) is 13.7. The van der Waals surface area contributed by atoms with E-state index in [1.54, 1.807) is 0 Å². The minimum atomic E-state index is 0.441. The van der Waals surface area contributed by atoms with Gasteiger partial charge in [0.2, 0.25) is 0 Å². The lowest BCUT2D eigenvalue weighted by molar-refractivity contribution is -0.0404. The summed E-state index contributed by atoms with van der Waals surface area (Å²) in [5.74, 6) is 0.803. The molecule has 0 radical (unpaired) electrons. The van der Waals surface area contributed by atoms with E-state index in [-0.39, 0.29) is 0 Å². The molecule has 0 saturated heterocycles. The van der Waals surface area contributed by atoms with Crippen LogP contribution in [0.2, 0.25) is 0 Å². The topological polar surface area (TPSA) is 39.1 Å². The first kappa shape index (κ1) is 14.5. The first-order valence-corrected chi connectivity index (χ1v) is 7.57. The van der Waals surface area contributed by atoms with E-state index in [4.69, 9.17) is 4.74 Å². The molecule has 0 atom stereocenters. The average molecular weight is 265 g/mol. The van der Waals surface area contributed by atoms with Crippen molar-refractivity contribution in [2.24, 2.45) is 5.92 Å². The molecule has 1 aliphatic carbocycles. The quantitative estimate of drug-likeness (QED) is 0.785. The molecule has 1 saturated carbocycles. The van der Waals surface area contributed by atoms with Crippen molar-refractivity contribution in [3.8, 4) is 0 Å². The van der Waals surface area contributed by atoms with E-state index in [1.807, 2.05) is 7.05 Å². The summed E-state index contributed by atoms with van der Waals surface area (Å²) in [5.41, 5.74) is 1.06. The number of hydrogen-bond donors (Lipinski definition) is 1. The molecule has 1 fully saturated rings. The molecule has 4 nitrogen and oxygen atoms in total. The first-order chi connectivity index (χ1) is 9.26. The van der Waals surface area contributed by atoms with Crippen LogP contribution in [-0.2, 0) is 11.3 Å². The summed E-state index contributed by atoms with van der Waals surface area (Å²) in [6.07, 6.45) is 7.17. The largest absolute Gasteiger partial charge is 0.372 e. The Bertz CT molecular complexity index is 367. The Kier molecular flexibility index (Phi) is 5.40. The zero-order valence-electron chi connectivity index (χ0n) is 12.4. The molecule has 1 aromatic heterocycles. The van der Waals surface area contributed by atoms with E-state index < -0.39 is 0 Å². The van der Waals surface area contributed by atoms with Gasteiger partial charge >= 0.3 is 0 Å². The van der Waals surface area contributed by atoms with Crippen molar-refractivity contribution in [2.45, 2.75) is 58.3 Å². The van der Waals surface area contributed by atoms with Crippen molar-refractivity contribution >= 4 is 0 Å². The van der Waals surface area contributed by atoms with E-state index in [0.29, 0.717) is 18.8 Å². The van der Waals surface area contributed by atoms with Crippen LogP contribution in [0.1, 0.15) is 51.3 Å². The lowest BCUT2D eigenvalue weighted by Crippen LogP contribution is -2.36. The van der Waals surface area contributed by atoms with Crippen LogP contribution in [0.25, 0.3) is 0 Å². The van der Waals surface area contributed by atoms with Gasteiger partial charge in [-0.3, -0.25) is 4.68 Å². The molecule has 0 aliphatic heterocycles. The number of ether oxygens (including phenoxy) is 1. The highest BCUT2D eigenvalue weighted by atomic mass is 16.5. The van der Waals surface area contributed by atoms with Gasteiger partial charge in [-0.15, -0.1) is 0 Å². The van der Waals surface area contributed by atoms with Gasteiger partial charge in [-0.1, -0.05) is 13.8 Å². The van der Waals surface area contributed by atoms with Gasteiger partial charge in [0.1, 0.15) is 0 Å². The van der Waals surface area contributed by atoms with E-state index in [2.05, 4.69) is 41.2 Å². The highest BCUT2D eigenvalue weighted by molar-refractivity contribution is 4.98. The fraction of sp³-hybridized carbons (Fsp3) is 0.800. The lowest BCUT2D eigenvalue weighted by Gasteiger charge is -2.34. The van der Waals surface area contributed by atoms with Crippen LogP contribution in [0, 0.1) is 5.92 Å². The van der Waals surface area contributed by atoms with Gasteiger partial charge in [-0.2, -0.15) is 5.10 Å². The predicted octanol–water partition coefficient (Wildman–Crippen LogP) is 2.76. The molecule has 0 bridgehead atoms. The van der Waals surface area contributed by atoms with Crippen LogP contribution < -0.4 is 5.32 Å².